The van der Waals surface area contributed by atoms with E-state index >= 15 is 0 Å². The highest BCUT2D eigenvalue weighted by Crippen LogP contribution is 2.22. The molecule has 1 aromatic heterocycles. The average molecular weight is 2190 g/mol. The van der Waals surface area contributed by atoms with Gasteiger partial charge in [0.05, 0.1) is 191 Å². The SMILES string of the molecule is O=C(O)CC[C@H](NC(=O)NC(CCCCNC(=O)Nc1cccc(-c2cn(CCOCCOCCOCCC(=O)NC(CCCCNC(=S)Nc3ccc(CC4CN(CC(=O)O)CCN(CC(=O)O)CCN(CC(=O)O)CCN4CC(=O)O)cc3)C(=O)NCCOCCOCCOCCOCCOCCOCCOCCOCCC(=O)N[C@@H](CCCCNC(=O)Cc3ccc(I)cc3)C(=O)O)nn2)c1)C(=O)O)C(=O)O. The number of nitrogens with one attached hydrogen (secondary N) is 10. The van der Waals surface area contributed by atoms with Crippen LogP contribution in [0.5, 0.6) is 0 Å². The number of halogens is 1. The van der Waals surface area contributed by atoms with E-state index in [0.717, 1.165) is 14.7 Å². The highest BCUT2D eigenvalue weighted by molar-refractivity contribution is 14.1. The summed E-state index contributed by atoms with van der Waals surface area (Å²) in [5.74, 6) is -11.1. The molecule has 0 radical (unpaired) electrons. The number of urea groups is 2. The van der Waals surface area contributed by atoms with Gasteiger partial charge in [-0.1, -0.05) is 41.6 Å². The predicted molar refractivity (Wildman–Crippen MR) is 534 cm³/mol. The highest BCUT2D eigenvalue weighted by atomic mass is 127. The van der Waals surface area contributed by atoms with Crippen molar-refractivity contribution in [2.24, 2.45) is 0 Å². The van der Waals surface area contributed by atoms with Gasteiger partial charge in [0.1, 0.15) is 29.9 Å². The van der Waals surface area contributed by atoms with E-state index in [-0.39, 0.29) is 214 Å². The van der Waals surface area contributed by atoms with Crippen molar-refractivity contribution in [2.45, 2.75) is 133 Å². The fraction of sp³-hybridized carbons (Fsp3) is 0.624. The number of nitrogens with zero attached hydrogens (tertiary/aromatic N) is 7. The van der Waals surface area contributed by atoms with Crippen LogP contribution in [-0.4, -0.2) is 438 Å². The van der Waals surface area contributed by atoms with Crippen molar-refractivity contribution < 1.29 is 160 Å². The second-order valence-corrected chi connectivity index (χ2v) is 34.8. The lowest BCUT2D eigenvalue weighted by molar-refractivity contribution is -0.142. The number of rotatable bonds is 80. The number of carboxylic acids is 8. The molecular formula is C93H142IN17O33S. The van der Waals surface area contributed by atoms with E-state index in [9.17, 15) is 103 Å². The van der Waals surface area contributed by atoms with Crippen LogP contribution >= 0.6 is 34.8 Å². The summed E-state index contributed by atoms with van der Waals surface area (Å²) in [5, 5.41) is 112. The van der Waals surface area contributed by atoms with E-state index in [1.807, 2.05) is 36.4 Å². The molecule has 810 valence electrons. The Balaban J connectivity index is 0.954. The van der Waals surface area contributed by atoms with Crippen LogP contribution < -0.4 is 53.2 Å². The standard InChI is InChI=1S/C93H142IN17O33S/c94-70-17-13-68(14-18-70)59-81(114)95-25-4-2-11-75(88(126)127)102-80(113)24-37-135-41-45-139-48-50-141-52-54-143-56-57-144-55-53-142-51-49-140-46-42-136-38-28-96-87(125)74(10-1-6-27-98-93(145)100-71-19-15-67(16-20-71)58-73-61-109(65-85(121)122)32-31-107(63-83(117)118)29-30-108(64-84(119)120)33-34-110(73)66-86(123)124)101-79(112)23-36-134-40-44-138-47-43-137-39-35-111-62-78(105-106-111)69-8-7-9-72(60-69)99-91(132)97-26-5-3-12-76(89(128)129)103-92(133)104-77(90(130)131)21-22-82(115)116/h7-9,13-20,60,62,73-77H,1-6,10-12,21-59,61,63-66H2,(H,95,114)(H,96,125)(H,101,112)(H,102,113)(H,115,116)(H,117,118)(H,119,120)(H,121,122)(H,123,124)(H,126,127)(H,128,129)(H,130,131)(H2,97,99,132)(H2,98,100,145)(H2,103,104,133)/t73?,74?,75-,76?,77-/m0/s1. The summed E-state index contributed by atoms with van der Waals surface area (Å²) in [6, 6.07) is 14.6. The summed E-state index contributed by atoms with van der Waals surface area (Å²) in [6.07, 6.45) is 4.33. The number of amides is 8. The number of carbonyl (C=O) groups is 14. The normalized spacial score (nSPS) is 14.2. The molecule has 3 aromatic carbocycles. The van der Waals surface area contributed by atoms with Gasteiger partial charge in [-0.05, 0) is 153 Å². The van der Waals surface area contributed by atoms with Gasteiger partial charge in [0, 0.05) is 118 Å². The predicted octanol–water partition coefficient (Wildman–Crippen LogP) is 1.20. The zero-order valence-electron chi connectivity index (χ0n) is 81.6. The molecule has 1 aliphatic heterocycles. The van der Waals surface area contributed by atoms with E-state index in [1.165, 1.54) is 0 Å². The van der Waals surface area contributed by atoms with Crippen molar-refractivity contribution in [1.82, 2.24) is 77.1 Å². The quantitative estimate of drug-likeness (QED) is 0.0168. The number of thiocarbonyl (C=S) groups is 1. The Morgan fingerprint density at radius 1 is 0.386 bits per heavy atom. The van der Waals surface area contributed by atoms with Gasteiger partial charge in [0.2, 0.25) is 23.6 Å². The molecule has 4 aromatic rings. The van der Waals surface area contributed by atoms with Gasteiger partial charge in [0.25, 0.3) is 0 Å². The molecule has 145 heavy (non-hydrogen) atoms. The molecule has 0 aliphatic carbocycles. The molecule has 52 heteroatoms. The van der Waals surface area contributed by atoms with Crippen molar-refractivity contribution in [3.05, 3.63) is 93.7 Å². The molecule has 2 heterocycles. The third kappa shape index (κ3) is 61.8. The second-order valence-electron chi connectivity index (χ2n) is 33.2. The van der Waals surface area contributed by atoms with E-state index in [4.69, 9.17) is 69.4 Å². The van der Waals surface area contributed by atoms with E-state index < -0.39 is 134 Å². The maximum Gasteiger partial charge on any atom is 0.326 e. The Bertz CT molecular complexity index is 4500. The summed E-state index contributed by atoms with van der Waals surface area (Å²) in [5.41, 5.74) is 3.91. The average Bonchev–Trinajstić information content (AvgIpc) is 1.77. The van der Waals surface area contributed by atoms with Gasteiger partial charge >= 0.3 is 59.8 Å². The van der Waals surface area contributed by atoms with Crippen LogP contribution in [0.1, 0.15) is 94.6 Å². The Hall–Kier alpha value is -11.2. The lowest BCUT2D eigenvalue weighted by Gasteiger charge is -2.37. The van der Waals surface area contributed by atoms with Crippen LogP contribution in [0.4, 0.5) is 21.0 Å². The molecule has 1 fully saturated rings. The van der Waals surface area contributed by atoms with Gasteiger partial charge in [-0.3, -0.25) is 62.8 Å². The molecule has 5 atom stereocenters. The molecule has 8 amide bonds. The zero-order chi connectivity index (χ0) is 105. The molecule has 0 saturated carbocycles. The number of carbonyl (C=O) groups excluding carboxylic acids is 6. The minimum Gasteiger partial charge on any atom is -0.481 e. The molecule has 1 aliphatic rings. The maximum absolute atomic E-state index is 13.7. The number of benzene rings is 3. The molecule has 1 saturated heterocycles. The Morgan fingerprint density at radius 2 is 0.814 bits per heavy atom. The lowest BCUT2D eigenvalue weighted by Crippen LogP contribution is -2.53. The largest absolute Gasteiger partial charge is 0.481 e. The highest BCUT2D eigenvalue weighted by Gasteiger charge is 2.31. The van der Waals surface area contributed by atoms with Crippen molar-refractivity contribution in [3.63, 3.8) is 0 Å². The van der Waals surface area contributed by atoms with Crippen LogP contribution in [0, 0.1) is 3.57 Å². The van der Waals surface area contributed by atoms with Crippen LogP contribution in [-0.2, 0) is 129 Å². The zero-order valence-corrected chi connectivity index (χ0v) is 84.5. The topological polar surface area (TPSA) is 666 Å². The molecular weight excluding hydrogens is 2040 g/mol. The summed E-state index contributed by atoms with van der Waals surface area (Å²) >= 11 is 7.83. The van der Waals surface area contributed by atoms with Gasteiger partial charge in [0.15, 0.2) is 5.11 Å². The second kappa shape index (κ2) is 76.4. The molecule has 50 nitrogen and oxygen atoms in total. The van der Waals surface area contributed by atoms with Gasteiger partial charge in [-0.25, -0.2) is 28.7 Å². The Morgan fingerprint density at radius 3 is 1.31 bits per heavy atom. The monoisotopic (exact) mass is 2180 g/mol. The molecule has 3 unspecified atom stereocenters. The number of carboxylic acid groups (broad SMARTS) is 8. The minimum absolute atomic E-state index is 0.0112. The number of unbranched alkanes of at least 4 members (excludes halogenated alkanes) is 3. The fourth-order valence-corrected chi connectivity index (χ4v) is 14.7. The summed E-state index contributed by atoms with van der Waals surface area (Å²) in [4.78, 5) is 177. The van der Waals surface area contributed by atoms with Crippen molar-refractivity contribution in [2.75, 3.05) is 254 Å². The first kappa shape index (κ1) is 124. The molecule has 5 rings (SSSR count). The number of anilines is 2. The summed E-state index contributed by atoms with van der Waals surface area (Å²) < 4.78 is 64.3. The summed E-state index contributed by atoms with van der Waals surface area (Å²) in [6.45, 7) is 6.72. The van der Waals surface area contributed by atoms with Crippen LogP contribution in [0.15, 0.2) is 79.0 Å². The number of hydrogen-bond acceptors (Lipinski definition) is 32. The number of ether oxygens (including phenoxy) is 11. The van der Waals surface area contributed by atoms with Crippen LogP contribution in [0.3, 0.4) is 0 Å². The van der Waals surface area contributed by atoms with Crippen molar-refractivity contribution >= 4 is 135 Å². The van der Waals surface area contributed by atoms with Gasteiger partial charge < -0.3 is 146 Å². The lowest BCUT2D eigenvalue weighted by atomic mass is 10.0. The Kier molecular flexibility index (Phi) is 65.5. The molecule has 0 spiro atoms. The first-order valence-electron chi connectivity index (χ1n) is 48.0. The van der Waals surface area contributed by atoms with Crippen molar-refractivity contribution in [3.8, 4) is 11.3 Å². The smallest absolute Gasteiger partial charge is 0.326 e. The number of hydrogen-bond donors (Lipinski definition) is 18. The maximum atomic E-state index is 13.7. The molecule has 0 bridgehead atoms. The minimum atomic E-state index is -1.54. The number of aliphatic carboxylic acids is 8. The van der Waals surface area contributed by atoms with E-state index in [2.05, 4.69) is 86.1 Å². The van der Waals surface area contributed by atoms with Gasteiger partial charge in [-0.15, -0.1) is 5.10 Å². The van der Waals surface area contributed by atoms with Crippen LogP contribution in [0.25, 0.3) is 11.3 Å². The molecule has 18 N–H and O–H groups in total. The number of aromatic nitrogens is 3. The third-order valence-electron chi connectivity index (χ3n) is 21.6. The Labute approximate surface area is 859 Å². The van der Waals surface area contributed by atoms with Gasteiger partial charge in [-0.2, -0.15) is 0 Å². The first-order valence-corrected chi connectivity index (χ1v) is 49.5. The van der Waals surface area contributed by atoms with E-state index in [0.29, 0.717) is 140 Å². The third-order valence-corrected chi connectivity index (χ3v) is 22.5. The summed E-state index contributed by atoms with van der Waals surface area (Å²) in [7, 11) is 0. The first-order chi connectivity index (χ1) is 69.9. The van der Waals surface area contributed by atoms with E-state index in [1.54, 1.807) is 66.9 Å². The van der Waals surface area contributed by atoms with Crippen LogP contribution in [0.2, 0.25) is 0 Å². The fourth-order valence-electron chi connectivity index (χ4n) is 14.1. The van der Waals surface area contributed by atoms with Crippen molar-refractivity contribution in [1.29, 1.82) is 0 Å².